The van der Waals surface area contributed by atoms with Gasteiger partial charge in [-0.3, -0.25) is 9.48 Å². The number of hydrogen-bond acceptors (Lipinski definition) is 5. The maximum atomic E-state index is 12.3. The zero-order valence-corrected chi connectivity index (χ0v) is 16.1. The molecule has 138 valence electrons. The highest BCUT2D eigenvalue weighted by Gasteiger charge is 2.17. The molecule has 27 heavy (non-hydrogen) atoms. The number of halogens is 3. The Bertz CT molecular complexity index is 1030. The Morgan fingerprint density at radius 2 is 2.04 bits per heavy atom. The Labute approximate surface area is 169 Å². The van der Waals surface area contributed by atoms with Crippen LogP contribution in [-0.2, 0) is 13.7 Å². The molecule has 0 unspecified atom stereocenters. The Kier molecular flexibility index (Phi) is 5.61. The molecule has 0 bridgehead atoms. The minimum absolute atomic E-state index is 0.00348. The monoisotopic (exact) mass is 424 g/mol. The standard InChI is InChI=1S/C17H11Cl3N4O3/c1-24-16(9(6-21)7-22-24)23-17(25)14-3-2-11(27-14)8-26-15-12(19)4-10(18)5-13(15)20/h2-5,7H,8H2,1H3,(H,23,25). The lowest BCUT2D eigenvalue weighted by molar-refractivity contribution is 0.0991. The molecule has 2 heterocycles. The van der Waals surface area contributed by atoms with E-state index in [-0.39, 0.29) is 39.5 Å². The maximum Gasteiger partial charge on any atom is 0.292 e. The molecule has 3 aromatic rings. The zero-order chi connectivity index (χ0) is 19.6. The number of amides is 1. The summed E-state index contributed by atoms with van der Waals surface area (Å²) in [5.41, 5.74) is 0.244. The van der Waals surface area contributed by atoms with Gasteiger partial charge in [0.1, 0.15) is 29.8 Å². The van der Waals surface area contributed by atoms with Crippen LogP contribution in [0.25, 0.3) is 0 Å². The van der Waals surface area contributed by atoms with Crippen molar-refractivity contribution in [1.29, 1.82) is 5.26 Å². The third kappa shape index (κ3) is 4.19. The van der Waals surface area contributed by atoms with Crippen molar-refractivity contribution < 1.29 is 13.9 Å². The molecule has 1 amide bonds. The molecule has 0 atom stereocenters. The highest BCUT2D eigenvalue weighted by atomic mass is 35.5. The lowest BCUT2D eigenvalue weighted by atomic mass is 10.3. The van der Waals surface area contributed by atoms with Crippen LogP contribution in [-0.4, -0.2) is 15.7 Å². The van der Waals surface area contributed by atoms with Gasteiger partial charge in [-0.05, 0) is 24.3 Å². The first-order valence-electron chi connectivity index (χ1n) is 7.48. The Morgan fingerprint density at radius 3 is 2.70 bits per heavy atom. The van der Waals surface area contributed by atoms with Crippen molar-refractivity contribution in [1.82, 2.24) is 9.78 Å². The van der Waals surface area contributed by atoms with Crippen LogP contribution in [0.15, 0.2) is 34.9 Å². The highest BCUT2D eigenvalue weighted by molar-refractivity contribution is 6.40. The van der Waals surface area contributed by atoms with Crippen molar-refractivity contribution in [3.8, 4) is 11.8 Å². The van der Waals surface area contributed by atoms with E-state index in [4.69, 9.17) is 49.2 Å². The van der Waals surface area contributed by atoms with E-state index in [1.54, 1.807) is 13.1 Å². The van der Waals surface area contributed by atoms with Crippen molar-refractivity contribution in [2.24, 2.45) is 7.05 Å². The van der Waals surface area contributed by atoms with Crippen LogP contribution in [0.3, 0.4) is 0 Å². The van der Waals surface area contributed by atoms with Crippen molar-refractivity contribution in [2.75, 3.05) is 5.32 Å². The number of carbonyl (C=O) groups excluding carboxylic acids is 1. The number of nitriles is 1. The van der Waals surface area contributed by atoms with Crippen LogP contribution in [0, 0.1) is 11.3 Å². The van der Waals surface area contributed by atoms with E-state index >= 15 is 0 Å². The van der Waals surface area contributed by atoms with E-state index in [0.29, 0.717) is 10.8 Å². The Hall–Kier alpha value is -2.66. The van der Waals surface area contributed by atoms with Gasteiger partial charge in [-0.1, -0.05) is 34.8 Å². The van der Waals surface area contributed by atoms with Gasteiger partial charge in [0.25, 0.3) is 5.91 Å². The molecule has 0 fully saturated rings. The number of hydrogen-bond donors (Lipinski definition) is 1. The second kappa shape index (κ2) is 7.92. The van der Waals surface area contributed by atoms with Crippen molar-refractivity contribution in [2.45, 2.75) is 6.61 Å². The van der Waals surface area contributed by atoms with Gasteiger partial charge >= 0.3 is 0 Å². The van der Waals surface area contributed by atoms with Crippen LogP contribution < -0.4 is 10.1 Å². The molecule has 7 nitrogen and oxygen atoms in total. The fraction of sp³-hybridized carbons (Fsp3) is 0.118. The van der Waals surface area contributed by atoms with Gasteiger partial charge in [-0.15, -0.1) is 0 Å². The Morgan fingerprint density at radius 1 is 1.33 bits per heavy atom. The number of furan rings is 1. The van der Waals surface area contributed by atoms with Crippen LogP contribution >= 0.6 is 34.8 Å². The van der Waals surface area contributed by atoms with E-state index < -0.39 is 5.91 Å². The number of nitrogens with zero attached hydrogens (tertiary/aromatic N) is 3. The lowest BCUT2D eigenvalue weighted by Crippen LogP contribution is -2.14. The van der Waals surface area contributed by atoms with Gasteiger partial charge in [-0.25, -0.2) is 0 Å². The molecule has 2 aromatic heterocycles. The first kappa shape index (κ1) is 19.1. The molecule has 0 aliphatic carbocycles. The van der Waals surface area contributed by atoms with Crippen molar-refractivity contribution in [3.05, 3.63) is 62.6 Å². The molecule has 10 heteroatoms. The minimum Gasteiger partial charge on any atom is -0.483 e. The second-order valence-electron chi connectivity index (χ2n) is 5.35. The normalized spacial score (nSPS) is 10.5. The molecular weight excluding hydrogens is 415 g/mol. The second-order valence-corrected chi connectivity index (χ2v) is 6.60. The number of aryl methyl sites for hydroxylation is 1. The van der Waals surface area contributed by atoms with Gasteiger partial charge in [0.15, 0.2) is 11.5 Å². The minimum atomic E-state index is -0.524. The molecule has 0 saturated carbocycles. The molecule has 0 aliphatic rings. The lowest BCUT2D eigenvalue weighted by Gasteiger charge is -2.09. The molecular formula is C17H11Cl3N4O3. The number of anilines is 1. The predicted molar refractivity (Wildman–Crippen MR) is 100 cm³/mol. The highest BCUT2D eigenvalue weighted by Crippen LogP contribution is 2.36. The van der Waals surface area contributed by atoms with Crippen LogP contribution in [0.5, 0.6) is 5.75 Å². The fourth-order valence-corrected chi connectivity index (χ4v) is 3.15. The summed E-state index contributed by atoms with van der Waals surface area (Å²) in [4.78, 5) is 12.3. The zero-order valence-electron chi connectivity index (χ0n) is 13.8. The SMILES string of the molecule is Cn1ncc(C#N)c1NC(=O)c1ccc(COc2c(Cl)cc(Cl)cc2Cl)o1. The van der Waals surface area contributed by atoms with E-state index in [1.165, 1.54) is 29.1 Å². The maximum absolute atomic E-state index is 12.3. The van der Waals surface area contributed by atoms with E-state index in [9.17, 15) is 4.79 Å². The molecule has 1 aromatic carbocycles. The summed E-state index contributed by atoms with van der Waals surface area (Å²) in [6, 6.07) is 8.03. The molecule has 0 aliphatic heterocycles. The first-order valence-corrected chi connectivity index (χ1v) is 8.62. The fourth-order valence-electron chi connectivity index (χ4n) is 2.22. The van der Waals surface area contributed by atoms with Crippen molar-refractivity contribution >= 4 is 46.5 Å². The average molecular weight is 426 g/mol. The summed E-state index contributed by atoms with van der Waals surface area (Å²) in [5.74, 6) is 0.443. The number of ether oxygens (including phenoxy) is 1. The van der Waals surface area contributed by atoms with Gasteiger partial charge in [0.2, 0.25) is 0 Å². The summed E-state index contributed by atoms with van der Waals surface area (Å²) in [5, 5.41) is 16.5. The molecule has 1 N–H and O–H groups in total. The van der Waals surface area contributed by atoms with Crippen molar-refractivity contribution in [3.63, 3.8) is 0 Å². The summed E-state index contributed by atoms with van der Waals surface area (Å²) in [6.45, 7) is 0.00348. The van der Waals surface area contributed by atoms with Crippen LogP contribution in [0.4, 0.5) is 5.82 Å². The Balaban J connectivity index is 1.69. The summed E-state index contributed by atoms with van der Waals surface area (Å²) < 4.78 is 12.4. The third-order valence-corrected chi connectivity index (χ3v) is 4.28. The van der Waals surface area contributed by atoms with Gasteiger partial charge in [-0.2, -0.15) is 10.4 Å². The van der Waals surface area contributed by atoms with Gasteiger partial charge in [0.05, 0.1) is 16.2 Å². The topological polar surface area (TPSA) is 93.1 Å². The van der Waals surface area contributed by atoms with Gasteiger partial charge in [0, 0.05) is 12.1 Å². The van der Waals surface area contributed by atoms with E-state index in [0.717, 1.165) is 0 Å². The summed E-state index contributed by atoms with van der Waals surface area (Å²) in [6.07, 6.45) is 1.36. The van der Waals surface area contributed by atoms with Gasteiger partial charge < -0.3 is 14.5 Å². The smallest absolute Gasteiger partial charge is 0.292 e. The number of carbonyl (C=O) groups is 1. The van der Waals surface area contributed by atoms with E-state index in [1.807, 2.05) is 6.07 Å². The summed E-state index contributed by atoms with van der Waals surface area (Å²) in [7, 11) is 1.61. The van der Waals surface area contributed by atoms with Crippen LogP contribution in [0.2, 0.25) is 15.1 Å². The number of rotatable bonds is 5. The quantitative estimate of drug-likeness (QED) is 0.641. The molecule has 0 spiro atoms. The van der Waals surface area contributed by atoms with E-state index in [2.05, 4.69) is 10.4 Å². The number of aromatic nitrogens is 2. The number of nitrogens with one attached hydrogen (secondary N) is 1. The van der Waals surface area contributed by atoms with Crippen LogP contribution in [0.1, 0.15) is 21.9 Å². The predicted octanol–water partition coefficient (Wildman–Crippen LogP) is 4.68. The molecule has 0 radical (unpaired) electrons. The number of benzene rings is 1. The average Bonchev–Trinajstić information content (AvgIpc) is 3.21. The largest absolute Gasteiger partial charge is 0.483 e. The molecule has 0 saturated heterocycles. The molecule has 3 rings (SSSR count). The first-order chi connectivity index (χ1) is 12.9. The third-order valence-electron chi connectivity index (χ3n) is 3.50. The summed E-state index contributed by atoms with van der Waals surface area (Å²) >= 11 is 18.0.